The summed E-state index contributed by atoms with van der Waals surface area (Å²) in [5, 5.41) is 0. The first-order valence-corrected chi connectivity index (χ1v) is 10.3. The molecule has 0 unspecified atom stereocenters. The van der Waals surface area contributed by atoms with E-state index in [9.17, 15) is 0 Å². The molecule has 1 aliphatic carbocycles. The van der Waals surface area contributed by atoms with Gasteiger partial charge in [0.05, 0.1) is 6.26 Å². The van der Waals surface area contributed by atoms with Gasteiger partial charge >= 0.3 is 0 Å². The zero-order chi connectivity index (χ0) is 19.3. The fraction of sp³-hybridized carbons (Fsp3) is 0.583. The van der Waals surface area contributed by atoms with Crippen LogP contribution < -0.4 is 0 Å². The van der Waals surface area contributed by atoms with Crippen LogP contribution in [0.1, 0.15) is 59.6 Å². The zero-order valence-electron chi connectivity index (χ0n) is 17.5. The van der Waals surface area contributed by atoms with E-state index in [0.29, 0.717) is 11.8 Å². The Balaban J connectivity index is 1.72. The van der Waals surface area contributed by atoms with Crippen molar-refractivity contribution in [1.29, 1.82) is 0 Å². The van der Waals surface area contributed by atoms with Crippen LogP contribution in [0.15, 0.2) is 53.8 Å². The van der Waals surface area contributed by atoms with Crippen molar-refractivity contribution >= 4 is 0 Å². The molecule has 0 radical (unpaired) electrons. The molecular weight excluding hydrogens is 334 g/mol. The van der Waals surface area contributed by atoms with Gasteiger partial charge in [-0.1, -0.05) is 62.8 Å². The van der Waals surface area contributed by atoms with Crippen molar-refractivity contribution < 1.29 is 9.47 Å². The third kappa shape index (κ3) is 3.15. The molecule has 0 spiro atoms. The number of allylic oxidation sites excluding steroid dienone is 2. The molecular formula is C24H33NO2. The second-order valence-electron chi connectivity index (χ2n) is 9.58. The minimum atomic E-state index is 0.00305. The monoisotopic (exact) mass is 367 g/mol. The molecule has 27 heavy (non-hydrogen) atoms. The van der Waals surface area contributed by atoms with E-state index in [1.807, 2.05) is 6.26 Å². The Kier molecular flexibility index (Phi) is 4.72. The van der Waals surface area contributed by atoms with Crippen LogP contribution in [0.3, 0.4) is 0 Å². The van der Waals surface area contributed by atoms with E-state index in [2.05, 4.69) is 82.9 Å². The lowest BCUT2D eigenvalue weighted by atomic mass is 9.82. The standard InChI is InChI=1S/C24H33NO2/c1-15-12-13-19-16(2)14-26-22(20(15)19)25-17(3)21(18-10-8-7-9-11-18)27-23(25)24(4,5)6/h7-12,14,17,19-23H,13H2,1-6H3/t17-,19+,20+,21-,22+,23-/m1/s1. The largest absolute Gasteiger partial charge is 0.482 e. The molecule has 3 aliphatic rings. The normalized spacial score (nSPS) is 36.8. The summed E-state index contributed by atoms with van der Waals surface area (Å²) in [4.78, 5) is 2.51. The predicted octanol–water partition coefficient (Wildman–Crippen LogP) is 5.66. The minimum Gasteiger partial charge on any atom is -0.482 e. The van der Waals surface area contributed by atoms with Crippen LogP contribution in [-0.2, 0) is 9.47 Å². The van der Waals surface area contributed by atoms with Crippen LogP contribution in [-0.4, -0.2) is 23.4 Å². The number of hydrogen-bond donors (Lipinski definition) is 0. The maximum absolute atomic E-state index is 6.71. The molecule has 2 aliphatic heterocycles. The molecule has 2 heterocycles. The Hall–Kier alpha value is -1.58. The lowest BCUT2D eigenvalue weighted by Gasteiger charge is -2.45. The number of rotatable bonds is 2. The van der Waals surface area contributed by atoms with Crippen molar-refractivity contribution in [3.8, 4) is 0 Å². The van der Waals surface area contributed by atoms with Gasteiger partial charge < -0.3 is 9.47 Å². The van der Waals surface area contributed by atoms with Crippen LogP contribution in [0.25, 0.3) is 0 Å². The van der Waals surface area contributed by atoms with Crippen LogP contribution in [0.2, 0.25) is 0 Å². The zero-order valence-corrected chi connectivity index (χ0v) is 17.5. The minimum absolute atomic E-state index is 0.00305. The van der Waals surface area contributed by atoms with Crippen molar-refractivity contribution in [3.63, 3.8) is 0 Å². The smallest absolute Gasteiger partial charge is 0.161 e. The quantitative estimate of drug-likeness (QED) is 0.629. The maximum Gasteiger partial charge on any atom is 0.161 e. The molecule has 6 atom stereocenters. The fourth-order valence-electron chi connectivity index (χ4n) is 5.12. The molecule has 1 saturated heterocycles. The predicted molar refractivity (Wildman–Crippen MR) is 109 cm³/mol. The van der Waals surface area contributed by atoms with Gasteiger partial charge in [-0.25, -0.2) is 4.90 Å². The third-order valence-corrected chi connectivity index (χ3v) is 6.56. The van der Waals surface area contributed by atoms with Crippen molar-refractivity contribution in [1.82, 2.24) is 4.90 Å². The topological polar surface area (TPSA) is 21.7 Å². The molecule has 4 rings (SSSR count). The van der Waals surface area contributed by atoms with Gasteiger partial charge in [0.15, 0.2) is 6.23 Å². The van der Waals surface area contributed by atoms with Crippen LogP contribution in [0, 0.1) is 17.3 Å². The molecule has 146 valence electrons. The molecule has 0 N–H and O–H groups in total. The Morgan fingerprint density at radius 2 is 1.74 bits per heavy atom. The number of fused-ring (bicyclic) bond motifs is 1. The summed E-state index contributed by atoms with van der Waals surface area (Å²) in [6.07, 6.45) is 5.64. The van der Waals surface area contributed by atoms with Gasteiger partial charge in [0.1, 0.15) is 12.3 Å². The van der Waals surface area contributed by atoms with Crippen molar-refractivity contribution in [2.24, 2.45) is 17.3 Å². The molecule has 0 bridgehead atoms. The second-order valence-corrected chi connectivity index (χ2v) is 9.58. The summed E-state index contributed by atoms with van der Waals surface area (Å²) in [6.45, 7) is 13.6. The highest BCUT2D eigenvalue weighted by atomic mass is 16.6. The Bertz CT molecular complexity index is 745. The Morgan fingerprint density at radius 3 is 2.41 bits per heavy atom. The van der Waals surface area contributed by atoms with Crippen LogP contribution in [0.4, 0.5) is 0 Å². The summed E-state index contributed by atoms with van der Waals surface area (Å²) < 4.78 is 13.1. The van der Waals surface area contributed by atoms with Crippen molar-refractivity contribution in [2.45, 2.75) is 72.6 Å². The molecule has 3 heteroatoms. The summed E-state index contributed by atoms with van der Waals surface area (Å²) in [5.74, 6) is 0.979. The fourth-order valence-corrected chi connectivity index (χ4v) is 5.12. The third-order valence-electron chi connectivity index (χ3n) is 6.56. The SMILES string of the molecule is CC1=CC[C@H]2C(C)=CO[C@H](N3[C@H](C)[C@H](c4ccccc4)O[C@@H]3C(C)(C)C)[C@@H]12. The highest BCUT2D eigenvalue weighted by molar-refractivity contribution is 5.26. The van der Waals surface area contributed by atoms with Crippen LogP contribution in [0.5, 0.6) is 0 Å². The maximum atomic E-state index is 6.71. The van der Waals surface area contributed by atoms with E-state index in [0.717, 1.165) is 6.42 Å². The first-order chi connectivity index (χ1) is 12.8. The number of ether oxygens (including phenoxy) is 2. The van der Waals surface area contributed by atoms with E-state index in [-0.39, 0.29) is 30.0 Å². The van der Waals surface area contributed by atoms with Gasteiger partial charge in [-0.05, 0) is 44.2 Å². The average molecular weight is 368 g/mol. The highest BCUT2D eigenvalue weighted by Gasteiger charge is 2.53. The second kappa shape index (κ2) is 6.79. The van der Waals surface area contributed by atoms with Gasteiger partial charge in [0.25, 0.3) is 0 Å². The average Bonchev–Trinajstić information content (AvgIpc) is 3.18. The van der Waals surface area contributed by atoms with Gasteiger partial charge in [0.2, 0.25) is 0 Å². The molecule has 1 aromatic carbocycles. The summed E-state index contributed by atoms with van der Waals surface area (Å²) >= 11 is 0. The molecule has 0 amide bonds. The molecule has 1 fully saturated rings. The van der Waals surface area contributed by atoms with Gasteiger partial charge in [-0.15, -0.1) is 0 Å². The van der Waals surface area contributed by atoms with Gasteiger partial charge in [-0.3, -0.25) is 0 Å². The van der Waals surface area contributed by atoms with E-state index in [4.69, 9.17) is 9.47 Å². The molecule has 0 aromatic heterocycles. The Morgan fingerprint density at radius 1 is 1.04 bits per heavy atom. The van der Waals surface area contributed by atoms with Crippen molar-refractivity contribution in [3.05, 3.63) is 59.4 Å². The Labute approximate surface area is 164 Å². The molecule has 1 aromatic rings. The first-order valence-electron chi connectivity index (χ1n) is 10.3. The van der Waals surface area contributed by atoms with Gasteiger partial charge in [0, 0.05) is 17.4 Å². The lowest BCUT2D eigenvalue weighted by Crippen LogP contribution is -2.54. The van der Waals surface area contributed by atoms with E-state index < -0.39 is 0 Å². The first kappa shape index (κ1) is 18.8. The summed E-state index contributed by atoms with van der Waals surface area (Å²) in [6, 6.07) is 10.9. The lowest BCUT2D eigenvalue weighted by molar-refractivity contribution is -0.149. The summed E-state index contributed by atoms with van der Waals surface area (Å²) in [7, 11) is 0. The van der Waals surface area contributed by atoms with Gasteiger partial charge in [-0.2, -0.15) is 0 Å². The van der Waals surface area contributed by atoms with Crippen molar-refractivity contribution in [2.75, 3.05) is 0 Å². The number of hydrogen-bond acceptors (Lipinski definition) is 3. The number of nitrogens with zero attached hydrogens (tertiary/aromatic N) is 1. The summed E-state index contributed by atoms with van der Waals surface area (Å²) in [5.41, 5.74) is 4.08. The van der Waals surface area contributed by atoms with E-state index >= 15 is 0 Å². The van der Waals surface area contributed by atoms with E-state index in [1.54, 1.807) is 0 Å². The number of benzene rings is 1. The van der Waals surface area contributed by atoms with E-state index in [1.165, 1.54) is 16.7 Å². The highest BCUT2D eigenvalue weighted by Crippen LogP contribution is 2.49. The van der Waals surface area contributed by atoms with Crippen LogP contribution >= 0.6 is 0 Å². The molecule has 0 saturated carbocycles. The molecule has 3 nitrogen and oxygen atoms in total.